The van der Waals surface area contributed by atoms with E-state index in [1.54, 1.807) is 12.1 Å². The Hall–Kier alpha value is -2.35. The van der Waals surface area contributed by atoms with Crippen molar-refractivity contribution in [2.45, 2.75) is 6.61 Å². The lowest BCUT2D eigenvalue weighted by Gasteiger charge is -2.07. The number of fused-ring (bicyclic) bond motifs is 1. The molecule has 2 aromatic rings. The molecule has 0 heterocycles. The second kappa shape index (κ2) is 4.49. The van der Waals surface area contributed by atoms with E-state index in [0.717, 1.165) is 22.4 Å². The summed E-state index contributed by atoms with van der Waals surface area (Å²) in [6, 6.07) is 15.6. The van der Waals surface area contributed by atoms with Crippen molar-refractivity contribution < 1.29 is 9.53 Å². The van der Waals surface area contributed by atoms with Crippen molar-refractivity contribution in [3.8, 4) is 5.75 Å². The van der Waals surface area contributed by atoms with Gasteiger partial charge >= 0.3 is 0 Å². The van der Waals surface area contributed by atoms with Gasteiger partial charge in [-0.2, -0.15) is 0 Å². The monoisotopic (exact) mass is 236 g/mol. The predicted octanol–water partition coefficient (Wildman–Crippen LogP) is 3.48. The first-order chi connectivity index (χ1) is 8.83. The Morgan fingerprint density at radius 2 is 1.78 bits per heavy atom. The first-order valence-corrected chi connectivity index (χ1v) is 5.86. The Kier molecular flexibility index (Phi) is 2.69. The number of ether oxygens (including phenoxy) is 1. The highest BCUT2D eigenvalue weighted by molar-refractivity contribution is 6.13. The molecule has 0 fully saturated rings. The molecule has 0 atom stereocenters. The van der Waals surface area contributed by atoms with E-state index in [2.05, 4.69) is 0 Å². The number of carbonyl (C=O) groups excluding carboxylic acids is 1. The molecule has 0 unspecified atom stereocenters. The molecule has 88 valence electrons. The molecule has 0 aromatic heterocycles. The third kappa shape index (κ3) is 2.05. The van der Waals surface area contributed by atoms with Crippen LogP contribution in [0.4, 0.5) is 0 Å². The van der Waals surface area contributed by atoms with Gasteiger partial charge in [0, 0.05) is 5.56 Å². The smallest absolute Gasteiger partial charge is 0.186 e. The summed E-state index contributed by atoms with van der Waals surface area (Å²) in [5.74, 6) is 0.782. The van der Waals surface area contributed by atoms with Gasteiger partial charge in [0.2, 0.25) is 0 Å². The van der Waals surface area contributed by atoms with Gasteiger partial charge in [0.1, 0.15) is 12.4 Å². The number of carbonyl (C=O) groups is 1. The maximum Gasteiger partial charge on any atom is 0.186 e. The summed E-state index contributed by atoms with van der Waals surface area (Å²) in [6.07, 6.45) is 3.42. The third-order valence-corrected chi connectivity index (χ3v) is 2.95. The van der Waals surface area contributed by atoms with Crippen molar-refractivity contribution in [1.82, 2.24) is 0 Å². The Bertz CT molecular complexity index is 612. The van der Waals surface area contributed by atoms with Gasteiger partial charge in [-0.25, -0.2) is 0 Å². The maximum absolute atomic E-state index is 11.5. The lowest BCUT2D eigenvalue weighted by Crippen LogP contribution is -1.97. The standard InChI is InChI=1S/C16H12O2/c17-16-9-7-13-6-8-14(10-15(13)16)18-11-12-4-2-1-3-5-12/h1-10H,11H2. The predicted molar refractivity (Wildman–Crippen MR) is 70.6 cm³/mol. The molecule has 2 nitrogen and oxygen atoms in total. The number of hydrogen-bond donors (Lipinski definition) is 0. The van der Waals surface area contributed by atoms with Crippen molar-refractivity contribution in [3.63, 3.8) is 0 Å². The minimum atomic E-state index is 0.0511. The van der Waals surface area contributed by atoms with Crippen LogP contribution < -0.4 is 4.74 Å². The van der Waals surface area contributed by atoms with Crippen molar-refractivity contribution in [1.29, 1.82) is 0 Å². The average Bonchev–Trinajstić information content (AvgIpc) is 2.79. The van der Waals surface area contributed by atoms with Crippen LogP contribution in [-0.4, -0.2) is 5.78 Å². The van der Waals surface area contributed by atoms with Gasteiger partial charge in [-0.3, -0.25) is 4.79 Å². The van der Waals surface area contributed by atoms with Crippen molar-refractivity contribution in [3.05, 3.63) is 71.3 Å². The maximum atomic E-state index is 11.5. The summed E-state index contributed by atoms with van der Waals surface area (Å²) in [4.78, 5) is 11.5. The fraction of sp³-hybridized carbons (Fsp3) is 0.0625. The molecule has 0 radical (unpaired) electrons. The molecule has 0 N–H and O–H groups in total. The topological polar surface area (TPSA) is 26.3 Å². The van der Waals surface area contributed by atoms with Crippen LogP contribution in [0.2, 0.25) is 0 Å². The van der Waals surface area contributed by atoms with Crippen LogP contribution in [0.1, 0.15) is 21.5 Å². The Balaban J connectivity index is 1.75. The highest BCUT2D eigenvalue weighted by atomic mass is 16.5. The van der Waals surface area contributed by atoms with Crippen LogP contribution in [0.15, 0.2) is 54.6 Å². The summed E-state index contributed by atoms with van der Waals surface area (Å²) in [5, 5.41) is 0. The minimum absolute atomic E-state index is 0.0511. The van der Waals surface area contributed by atoms with Crippen LogP contribution in [0, 0.1) is 0 Å². The van der Waals surface area contributed by atoms with E-state index in [1.807, 2.05) is 48.5 Å². The Morgan fingerprint density at radius 1 is 0.944 bits per heavy atom. The summed E-state index contributed by atoms with van der Waals surface area (Å²) in [7, 11) is 0. The Morgan fingerprint density at radius 3 is 2.61 bits per heavy atom. The van der Waals surface area contributed by atoms with Gasteiger partial charge in [-0.1, -0.05) is 42.5 Å². The number of benzene rings is 2. The highest BCUT2D eigenvalue weighted by Crippen LogP contribution is 2.24. The molecule has 3 rings (SSSR count). The van der Waals surface area contributed by atoms with Gasteiger partial charge in [0.15, 0.2) is 5.78 Å². The summed E-state index contributed by atoms with van der Waals surface area (Å²) in [6.45, 7) is 0.515. The van der Waals surface area contributed by atoms with E-state index in [0.29, 0.717) is 6.61 Å². The van der Waals surface area contributed by atoms with Crippen LogP contribution >= 0.6 is 0 Å². The number of allylic oxidation sites excluding steroid dienone is 1. The zero-order valence-corrected chi connectivity index (χ0v) is 9.80. The number of ketones is 1. The van der Waals surface area contributed by atoms with Gasteiger partial charge in [-0.15, -0.1) is 0 Å². The first-order valence-electron chi connectivity index (χ1n) is 5.86. The van der Waals surface area contributed by atoms with Crippen molar-refractivity contribution in [2.75, 3.05) is 0 Å². The molecule has 0 amide bonds. The molecule has 2 heteroatoms. The third-order valence-electron chi connectivity index (χ3n) is 2.95. The molecule has 0 spiro atoms. The average molecular weight is 236 g/mol. The van der Waals surface area contributed by atoms with E-state index in [-0.39, 0.29) is 5.78 Å². The van der Waals surface area contributed by atoms with Gasteiger partial charge in [-0.05, 0) is 29.3 Å². The Labute approximate surface area is 106 Å². The van der Waals surface area contributed by atoms with Crippen LogP contribution in [0.25, 0.3) is 6.08 Å². The quantitative estimate of drug-likeness (QED) is 0.815. The van der Waals surface area contributed by atoms with Crippen LogP contribution in [-0.2, 0) is 6.61 Å². The fourth-order valence-electron chi connectivity index (χ4n) is 1.98. The molecule has 0 aliphatic heterocycles. The first kappa shape index (κ1) is 10.8. The molecule has 0 saturated carbocycles. The van der Waals surface area contributed by atoms with E-state index >= 15 is 0 Å². The van der Waals surface area contributed by atoms with E-state index in [1.165, 1.54) is 0 Å². The summed E-state index contributed by atoms with van der Waals surface area (Å²) < 4.78 is 5.69. The molecule has 0 bridgehead atoms. The van der Waals surface area contributed by atoms with Crippen molar-refractivity contribution >= 4 is 11.9 Å². The molecule has 18 heavy (non-hydrogen) atoms. The number of rotatable bonds is 3. The zero-order valence-electron chi connectivity index (χ0n) is 9.80. The van der Waals surface area contributed by atoms with E-state index in [4.69, 9.17) is 4.74 Å². The molecular formula is C16H12O2. The summed E-state index contributed by atoms with van der Waals surface area (Å²) in [5.41, 5.74) is 2.80. The molecule has 0 saturated heterocycles. The highest BCUT2D eigenvalue weighted by Gasteiger charge is 2.14. The lowest BCUT2D eigenvalue weighted by atomic mass is 10.1. The van der Waals surface area contributed by atoms with Crippen LogP contribution in [0.3, 0.4) is 0 Å². The van der Waals surface area contributed by atoms with Crippen molar-refractivity contribution in [2.24, 2.45) is 0 Å². The molecular weight excluding hydrogens is 224 g/mol. The minimum Gasteiger partial charge on any atom is -0.489 e. The summed E-state index contributed by atoms with van der Waals surface area (Å²) >= 11 is 0. The van der Waals surface area contributed by atoms with E-state index < -0.39 is 0 Å². The molecule has 1 aliphatic rings. The van der Waals surface area contributed by atoms with Gasteiger partial charge in [0.25, 0.3) is 0 Å². The lowest BCUT2D eigenvalue weighted by molar-refractivity contribution is 0.104. The molecule has 2 aromatic carbocycles. The van der Waals surface area contributed by atoms with Gasteiger partial charge < -0.3 is 4.74 Å². The second-order valence-corrected chi connectivity index (χ2v) is 4.22. The normalized spacial score (nSPS) is 12.6. The van der Waals surface area contributed by atoms with Gasteiger partial charge in [0.05, 0.1) is 0 Å². The number of hydrogen-bond acceptors (Lipinski definition) is 2. The largest absolute Gasteiger partial charge is 0.489 e. The second-order valence-electron chi connectivity index (χ2n) is 4.22. The SMILES string of the molecule is O=C1C=Cc2ccc(OCc3ccccc3)cc21. The zero-order chi connectivity index (χ0) is 12.4. The van der Waals surface area contributed by atoms with Crippen LogP contribution in [0.5, 0.6) is 5.75 Å². The van der Waals surface area contributed by atoms with E-state index in [9.17, 15) is 4.79 Å². The molecule has 1 aliphatic carbocycles. The fourth-order valence-corrected chi connectivity index (χ4v) is 1.98.